The highest BCUT2D eigenvalue weighted by molar-refractivity contribution is 5.66. The summed E-state index contributed by atoms with van der Waals surface area (Å²) in [6, 6.07) is 8.35. The maximum Gasteiger partial charge on any atom is 0.151 e. The van der Waals surface area contributed by atoms with Gasteiger partial charge in [0, 0.05) is 12.4 Å². The lowest BCUT2D eigenvalue weighted by molar-refractivity contribution is 1.10. The number of nitrogens with zero attached hydrogens (tertiary/aromatic N) is 2. The maximum absolute atomic E-state index is 4.21. The predicted octanol–water partition coefficient (Wildman–Crippen LogP) is 3.26. The zero-order valence-electron chi connectivity index (χ0n) is 9.51. The molecule has 0 aliphatic rings. The molecule has 0 aliphatic heterocycles. The van der Waals surface area contributed by atoms with Gasteiger partial charge in [-0.1, -0.05) is 35.9 Å². The van der Waals surface area contributed by atoms with Gasteiger partial charge in [0.1, 0.15) is 0 Å². The van der Waals surface area contributed by atoms with Gasteiger partial charge in [-0.15, -0.1) is 0 Å². The van der Waals surface area contributed by atoms with E-state index in [1.54, 1.807) is 0 Å². The summed E-state index contributed by atoms with van der Waals surface area (Å²) in [6.45, 7) is 4.06. The summed E-state index contributed by atoms with van der Waals surface area (Å²) in [6.07, 6.45) is 7.58. The van der Waals surface area contributed by atoms with Gasteiger partial charge in [0.25, 0.3) is 0 Å². The van der Waals surface area contributed by atoms with Crippen molar-refractivity contribution in [2.24, 2.45) is 0 Å². The highest BCUT2D eigenvalue weighted by atomic mass is 14.8. The third kappa shape index (κ3) is 2.76. The van der Waals surface area contributed by atoms with E-state index in [2.05, 4.69) is 41.2 Å². The molecule has 2 heteroatoms. The van der Waals surface area contributed by atoms with E-state index in [1.165, 1.54) is 5.56 Å². The summed E-state index contributed by atoms with van der Waals surface area (Å²) < 4.78 is 0. The molecule has 0 aliphatic carbocycles. The standard InChI is InChI=1S/C14H14N2/c1-11-3-5-13(6-4-11)7-8-14-15-9-12(2)10-16-14/h3-10H,1-2H3. The van der Waals surface area contributed by atoms with Crippen LogP contribution in [0.2, 0.25) is 0 Å². The number of benzene rings is 1. The van der Waals surface area contributed by atoms with E-state index < -0.39 is 0 Å². The van der Waals surface area contributed by atoms with Gasteiger partial charge < -0.3 is 0 Å². The Morgan fingerprint density at radius 2 is 1.44 bits per heavy atom. The molecule has 2 aromatic rings. The Morgan fingerprint density at radius 3 is 2.06 bits per heavy atom. The van der Waals surface area contributed by atoms with Gasteiger partial charge >= 0.3 is 0 Å². The molecule has 0 bridgehead atoms. The molecule has 80 valence electrons. The van der Waals surface area contributed by atoms with Crippen molar-refractivity contribution in [2.45, 2.75) is 13.8 Å². The number of rotatable bonds is 2. The number of aromatic nitrogens is 2. The van der Waals surface area contributed by atoms with E-state index >= 15 is 0 Å². The lowest BCUT2D eigenvalue weighted by Crippen LogP contribution is -1.86. The van der Waals surface area contributed by atoms with Gasteiger partial charge in [0.05, 0.1) is 0 Å². The SMILES string of the molecule is Cc1ccc(C=Cc2ncc(C)cn2)cc1. The minimum Gasteiger partial charge on any atom is -0.237 e. The summed E-state index contributed by atoms with van der Waals surface area (Å²) >= 11 is 0. The van der Waals surface area contributed by atoms with Crippen molar-refractivity contribution in [3.8, 4) is 0 Å². The molecule has 1 aromatic carbocycles. The second-order valence-corrected chi connectivity index (χ2v) is 3.86. The van der Waals surface area contributed by atoms with E-state index in [-0.39, 0.29) is 0 Å². The minimum atomic E-state index is 0.742. The average molecular weight is 210 g/mol. The average Bonchev–Trinajstić information content (AvgIpc) is 2.30. The lowest BCUT2D eigenvalue weighted by Gasteiger charge is -1.95. The molecule has 16 heavy (non-hydrogen) atoms. The predicted molar refractivity (Wildman–Crippen MR) is 66.9 cm³/mol. The van der Waals surface area contributed by atoms with Gasteiger partial charge in [-0.3, -0.25) is 0 Å². The van der Waals surface area contributed by atoms with E-state index in [1.807, 2.05) is 31.5 Å². The summed E-state index contributed by atoms with van der Waals surface area (Å²) in [5, 5.41) is 0. The second kappa shape index (κ2) is 4.71. The highest BCUT2D eigenvalue weighted by Gasteiger charge is 1.90. The van der Waals surface area contributed by atoms with Crippen LogP contribution in [0.5, 0.6) is 0 Å². The molecule has 2 nitrogen and oxygen atoms in total. The summed E-state index contributed by atoms with van der Waals surface area (Å²) in [7, 11) is 0. The van der Waals surface area contributed by atoms with Crippen LogP contribution in [-0.2, 0) is 0 Å². The van der Waals surface area contributed by atoms with Crippen LogP contribution in [0.25, 0.3) is 12.2 Å². The molecule has 1 heterocycles. The zero-order chi connectivity index (χ0) is 11.4. The van der Waals surface area contributed by atoms with Crippen molar-refractivity contribution in [2.75, 3.05) is 0 Å². The van der Waals surface area contributed by atoms with Gasteiger partial charge in [0.15, 0.2) is 5.82 Å². The van der Waals surface area contributed by atoms with Crippen molar-refractivity contribution >= 4 is 12.2 Å². The molecule has 0 saturated carbocycles. The molecule has 0 radical (unpaired) electrons. The first-order valence-corrected chi connectivity index (χ1v) is 5.27. The Labute approximate surface area is 95.7 Å². The van der Waals surface area contributed by atoms with Crippen molar-refractivity contribution in [3.63, 3.8) is 0 Å². The van der Waals surface area contributed by atoms with Gasteiger partial charge in [-0.2, -0.15) is 0 Å². The summed E-state index contributed by atoms with van der Waals surface area (Å²) in [4.78, 5) is 8.43. The number of hydrogen-bond acceptors (Lipinski definition) is 2. The quantitative estimate of drug-likeness (QED) is 0.760. The number of aryl methyl sites for hydroxylation is 2. The Kier molecular flexibility index (Phi) is 3.10. The zero-order valence-corrected chi connectivity index (χ0v) is 9.51. The molecular formula is C14H14N2. The van der Waals surface area contributed by atoms with Crippen LogP contribution in [-0.4, -0.2) is 9.97 Å². The maximum atomic E-state index is 4.21. The fraction of sp³-hybridized carbons (Fsp3) is 0.143. The molecule has 1 aromatic heterocycles. The molecule has 0 saturated heterocycles. The molecular weight excluding hydrogens is 196 g/mol. The van der Waals surface area contributed by atoms with Crippen molar-refractivity contribution < 1.29 is 0 Å². The van der Waals surface area contributed by atoms with Crippen molar-refractivity contribution in [3.05, 3.63) is 59.2 Å². The fourth-order valence-electron chi connectivity index (χ4n) is 1.34. The molecule has 0 atom stereocenters. The van der Waals surface area contributed by atoms with Crippen LogP contribution in [0, 0.1) is 13.8 Å². The van der Waals surface area contributed by atoms with Crippen LogP contribution in [0.3, 0.4) is 0 Å². The van der Waals surface area contributed by atoms with Crippen LogP contribution in [0.15, 0.2) is 36.7 Å². The van der Waals surface area contributed by atoms with Gasteiger partial charge in [-0.25, -0.2) is 9.97 Å². The Balaban J connectivity index is 2.15. The van der Waals surface area contributed by atoms with E-state index in [9.17, 15) is 0 Å². The lowest BCUT2D eigenvalue weighted by atomic mass is 10.1. The van der Waals surface area contributed by atoms with Crippen LogP contribution in [0.4, 0.5) is 0 Å². The van der Waals surface area contributed by atoms with Gasteiger partial charge in [-0.05, 0) is 31.1 Å². The third-order valence-corrected chi connectivity index (χ3v) is 2.30. The highest BCUT2D eigenvalue weighted by Crippen LogP contribution is 2.07. The van der Waals surface area contributed by atoms with E-state index in [0.29, 0.717) is 0 Å². The van der Waals surface area contributed by atoms with Crippen molar-refractivity contribution in [1.29, 1.82) is 0 Å². The Hall–Kier alpha value is -1.96. The molecule has 2 rings (SSSR count). The van der Waals surface area contributed by atoms with Crippen molar-refractivity contribution in [1.82, 2.24) is 9.97 Å². The Bertz CT molecular complexity index is 434. The second-order valence-electron chi connectivity index (χ2n) is 3.86. The first-order chi connectivity index (χ1) is 7.74. The minimum absolute atomic E-state index is 0.742. The van der Waals surface area contributed by atoms with Crippen LogP contribution < -0.4 is 0 Å². The normalized spacial score (nSPS) is 10.9. The first-order valence-electron chi connectivity index (χ1n) is 5.27. The molecule has 0 fully saturated rings. The molecule has 0 amide bonds. The monoisotopic (exact) mass is 210 g/mol. The fourth-order valence-corrected chi connectivity index (χ4v) is 1.34. The first kappa shape index (κ1) is 10.6. The largest absolute Gasteiger partial charge is 0.237 e. The third-order valence-electron chi connectivity index (χ3n) is 2.30. The van der Waals surface area contributed by atoms with E-state index in [0.717, 1.165) is 17.0 Å². The summed E-state index contributed by atoms with van der Waals surface area (Å²) in [5.74, 6) is 0.742. The van der Waals surface area contributed by atoms with Crippen LogP contribution >= 0.6 is 0 Å². The number of hydrogen-bond donors (Lipinski definition) is 0. The smallest absolute Gasteiger partial charge is 0.151 e. The van der Waals surface area contributed by atoms with E-state index in [4.69, 9.17) is 0 Å². The molecule has 0 spiro atoms. The topological polar surface area (TPSA) is 25.8 Å². The summed E-state index contributed by atoms with van der Waals surface area (Å²) in [5.41, 5.74) is 3.51. The Morgan fingerprint density at radius 1 is 0.812 bits per heavy atom. The molecule has 0 unspecified atom stereocenters. The van der Waals surface area contributed by atoms with Gasteiger partial charge in [0.2, 0.25) is 0 Å². The molecule has 0 N–H and O–H groups in total. The van der Waals surface area contributed by atoms with Crippen LogP contribution in [0.1, 0.15) is 22.5 Å².